The summed E-state index contributed by atoms with van der Waals surface area (Å²) < 4.78 is 0. The van der Waals surface area contributed by atoms with Crippen LogP contribution in [0.5, 0.6) is 0 Å². The third kappa shape index (κ3) is 1.85. The van der Waals surface area contributed by atoms with Crippen LogP contribution >= 0.6 is 0 Å². The van der Waals surface area contributed by atoms with Crippen LogP contribution in [0.15, 0.2) is 23.3 Å². The molecule has 1 aromatic carbocycles. The molecule has 2 N–H and O–H groups in total. The third-order valence-electron chi connectivity index (χ3n) is 1.38. The number of nitrogens with zero attached hydrogens (tertiary/aromatic N) is 4. The zero-order valence-corrected chi connectivity index (χ0v) is 6.41. The van der Waals surface area contributed by atoms with Crippen molar-refractivity contribution in [2.45, 2.75) is 0 Å². The maximum atomic E-state index is 10.3. The van der Waals surface area contributed by atoms with Gasteiger partial charge in [-0.2, -0.15) is 0 Å². The van der Waals surface area contributed by atoms with Gasteiger partial charge >= 0.3 is 0 Å². The normalized spacial score (nSPS) is 8.92. The fraction of sp³-hybridized carbons (Fsp3) is 0. The fourth-order valence-electron chi connectivity index (χ4n) is 0.780. The lowest BCUT2D eigenvalue weighted by atomic mass is 10.2. The number of hydrogen-bond acceptors (Lipinski definition) is 4. The van der Waals surface area contributed by atoms with Crippen LogP contribution in [0.3, 0.4) is 0 Å². The van der Waals surface area contributed by atoms with E-state index in [1.807, 2.05) is 0 Å². The van der Waals surface area contributed by atoms with Crippen molar-refractivity contribution in [3.05, 3.63) is 38.8 Å². The summed E-state index contributed by atoms with van der Waals surface area (Å²) in [5, 5.41) is 13.5. The van der Waals surface area contributed by atoms with E-state index in [2.05, 4.69) is 10.0 Å². The van der Waals surface area contributed by atoms with E-state index in [-0.39, 0.29) is 17.1 Å². The minimum atomic E-state index is -0.587. The van der Waals surface area contributed by atoms with Gasteiger partial charge in [0.2, 0.25) is 0 Å². The highest BCUT2D eigenvalue weighted by Gasteiger charge is 2.07. The van der Waals surface area contributed by atoms with Gasteiger partial charge in [-0.25, -0.2) is 0 Å². The SMILES string of the molecule is [N-]=[N+]=Nc1cc([N+](=O)[O-])ccc1N. The number of benzene rings is 1. The van der Waals surface area contributed by atoms with Crippen LogP contribution in [0.25, 0.3) is 10.4 Å². The van der Waals surface area contributed by atoms with Gasteiger partial charge in [0, 0.05) is 22.7 Å². The summed E-state index contributed by atoms with van der Waals surface area (Å²) in [6.45, 7) is 0. The molecule has 0 amide bonds. The van der Waals surface area contributed by atoms with Crippen molar-refractivity contribution in [3.63, 3.8) is 0 Å². The van der Waals surface area contributed by atoms with Gasteiger partial charge in [-0.3, -0.25) is 10.1 Å². The first-order valence-corrected chi connectivity index (χ1v) is 3.24. The first-order chi connectivity index (χ1) is 6.15. The molecule has 1 aromatic rings. The van der Waals surface area contributed by atoms with Crippen molar-refractivity contribution in [2.75, 3.05) is 5.73 Å². The monoisotopic (exact) mass is 179 g/mol. The van der Waals surface area contributed by atoms with E-state index in [0.717, 1.165) is 6.07 Å². The Morgan fingerprint density at radius 2 is 2.31 bits per heavy atom. The van der Waals surface area contributed by atoms with Crippen LogP contribution in [0.2, 0.25) is 0 Å². The smallest absolute Gasteiger partial charge is 0.270 e. The van der Waals surface area contributed by atoms with Gasteiger partial charge in [-0.15, -0.1) is 0 Å². The molecule has 0 atom stereocenters. The second-order valence-electron chi connectivity index (χ2n) is 2.19. The van der Waals surface area contributed by atoms with Crippen LogP contribution in [0.1, 0.15) is 0 Å². The number of hydrogen-bond donors (Lipinski definition) is 1. The number of nitro benzene ring substituents is 1. The summed E-state index contributed by atoms with van der Waals surface area (Å²) in [6, 6.07) is 3.68. The lowest BCUT2D eigenvalue weighted by Gasteiger charge is -1.97. The average molecular weight is 179 g/mol. The number of nitrogens with two attached hydrogens (primary N) is 1. The molecule has 0 aliphatic heterocycles. The molecule has 0 saturated heterocycles. The van der Waals surface area contributed by atoms with Gasteiger partial charge in [0.25, 0.3) is 5.69 Å². The Morgan fingerprint density at radius 3 is 2.85 bits per heavy atom. The summed E-state index contributed by atoms with van der Waals surface area (Å²) in [4.78, 5) is 12.2. The molecule has 0 unspecified atom stereocenters. The minimum Gasteiger partial charge on any atom is -0.398 e. The summed E-state index contributed by atoms with van der Waals surface area (Å²) in [6.07, 6.45) is 0. The van der Waals surface area contributed by atoms with Crippen LogP contribution < -0.4 is 5.73 Å². The lowest BCUT2D eigenvalue weighted by Crippen LogP contribution is -1.90. The zero-order chi connectivity index (χ0) is 9.84. The molecule has 0 heterocycles. The minimum absolute atomic E-state index is 0.0664. The number of nitro groups is 1. The van der Waals surface area contributed by atoms with Crippen LogP contribution in [-0.2, 0) is 0 Å². The predicted molar refractivity (Wildman–Crippen MR) is 46.3 cm³/mol. The summed E-state index contributed by atoms with van der Waals surface area (Å²) in [5.41, 5.74) is 13.6. The molecule has 0 fully saturated rings. The van der Waals surface area contributed by atoms with Crippen molar-refractivity contribution in [2.24, 2.45) is 5.11 Å². The molecule has 13 heavy (non-hydrogen) atoms. The van der Waals surface area contributed by atoms with Crippen molar-refractivity contribution >= 4 is 17.1 Å². The first-order valence-electron chi connectivity index (χ1n) is 3.24. The Balaban J connectivity index is 3.26. The lowest BCUT2D eigenvalue weighted by molar-refractivity contribution is -0.384. The Morgan fingerprint density at radius 1 is 1.62 bits per heavy atom. The highest BCUT2D eigenvalue weighted by atomic mass is 16.6. The van der Waals surface area contributed by atoms with Crippen LogP contribution in [-0.4, -0.2) is 4.92 Å². The maximum Gasteiger partial charge on any atom is 0.270 e. The van der Waals surface area contributed by atoms with Crippen molar-refractivity contribution in [3.8, 4) is 0 Å². The van der Waals surface area contributed by atoms with E-state index in [1.165, 1.54) is 12.1 Å². The number of azide groups is 1. The molecular weight excluding hydrogens is 174 g/mol. The molecule has 0 spiro atoms. The van der Waals surface area contributed by atoms with Crippen molar-refractivity contribution < 1.29 is 4.92 Å². The molecule has 0 saturated carbocycles. The number of anilines is 1. The molecule has 0 radical (unpaired) electrons. The van der Waals surface area contributed by atoms with E-state index >= 15 is 0 Å². The summed E-state index contributed by atoms with van der Waals surface area (Å²) in [7, 11) is 0. The average Bonchev–Trinajstić information content (AvgIpc) is 2.08. The molecule has 0 aromatic heterocycles. The van der Waals surface area contributed by atoms with Crippen LogP contribution in [0.4, 0.5) is 17.1 Å². The van der Waals surface area contributed by atoms with E-state index in [1.54, 1.807) is 0 Å². The zero-order valence-electron chi connectivity index (χ0n) is 6.41. The molecule has 0 aliphatic carbocycles. The second kappa shape index (κ2) is 3.42. The maximum absolute atomic E-state index is 10.3. The Labute approximate surface area is 72.6 Å². The Kier molecular flexibility index (Phi) is 2.32. The van der Waals surface area contributed by atoms with Gasteiger partial charge in [0.15, 0.2) is 0 Å². The quantitative estimate of drug-likeness (QED) is 0.187. The van der Waals surface area contributed by atoms with E-state index in [0.29, 0.717) is 0 Å². The summed E-state index contributed by atoms with van der Waals surface area (Å²) in [5.74, 6) is 0. The molecule has 66 valence electrons. The Bertz CT molecular complexity index is 396. The van der Waals surface area contributed by atoms with Gasteiger partial charge < -0.3 is 5.73 Å². The fourth-order valence-corrected chi connectivity index (χ4v) is 0.780. The molecule has 7 heteroatoms. The highest BCUT2D eigenvalue weighted by Crippen LogP contribution is 2.26. The highest BCUT2D eigenvalue weighted by molar-refractivity contribution is 5.65. The third-order valence-corrected chi connectivity index (χ3v) is 1.38. The molecule has 7 nitrogen and oxygen atoms in total. The van der Waals surface area contributed by atoms with Gasteiger partial charge in [0.1, 0.15) is 0 Å². The Hall–Kier alpha value is -2.27. The van der Waals surface area contributed by atoms with Gasteiger partial charge in [-0.1, -0.05) is 5.11 Å². The van der Waals surface area contributed by atoms with Gasteiger partial charge in [0.05, 0.1) is 10.6 Å². The first kappa shape index (κ1) is 8.82. The predicted octanol–water partition coefficient (Wildman–Crippen LogP) is 2.12. The van der Waals surface area contributed by atoms with E-state index in [4.69, 9.17) is 11.3 Å². The molecule has 0 aliphatic rings. The molecule has 0 bridgehead atoms. The number of non-ortho nitro benzene ring substituents is 1. The molecular formula is C6H5N5O2. The standard InChI is InChI=1S/C6H5N5O2/c7-5-2-1-4(11(12)13)3-6(5)9-10-8/h1-3H,7H2. The van der Waals surface area contributed by atoms with E-state index < -0.39 is 4.92 Å². The largest absolute Gasteiger partial charge is 0.398 e. The molecule has 1 rings (SSSR count). The summed E-state index contributed by atoms with van der Waals surface area (Å²) >= 11 is 0. The van der Waals surface area contributed by atoms with Crippen molar-refractivity contribution in [1.82, 2.24) is 0 Å². The van der Waals surface area contributed by atoms with Crippen molar-refractivity contribution in [1.29, 1.82) is 0 Å². The topological polar surface area (TPSA) is 118 Å². The number of rotatable bonds is 2. The second-order valence-corrected chi connectivity index (χ2v) is 2.19. The van der Waals surface area contributed by atoms with Crippen LogP contribution in [0, 0.1) is 10.1 Å². The number of nitrogen functional groups attached to an aromatic ring is 1. The van der Waals surface area contributed by atoms with E-state index in [9.17, 15) is 10.1 Å². The van der Waals surface area contributed by atoms with Gasteiger partial charge in [-0.05, 0) is 11.6 Å².